The number of fused-ring (bicyclic) bond motifs is 1. The van der Waals surface area contributed by atoms with Crippen molar-refractivity contribution in [2.45, 2.75) is 25.9 Å². The molecule has 23 heavy (non-hydrogen) atoms. The molecular weight excluding hydrogens is 340 g/mol. The highest BCUT2D eigenvalue weighted by atomic mass is 35.5. The maximum Gasteiger partial charge on any atom is 0.228 e. The molecule has 0 aromatic heterocycles. The second kappa shape index (κ2) is 6.30. The number of nitrogens with zero attached hydrogens (tertiary/aromatic N) is 2. The average molecular weight is 359 g/mol. The number of hydrogen-bond donors (Lipinski definition) is 0. The third-order valence-electron chi connectivity index (χ3n) is 4.08. The van der Waals surface area contributed by atoms with Crippen molar-refractivity contribution in [3.63, 3.8) is 0 Å². The Labute approximate surface area is 141 Å². The molecule has 1 atom stereocenters. The molecule has 0 bridgehead atoms. The van der Waals surface area contributed by atoms with Gasteiger partial charge in [-0.2, -0.15) is 0 Å². The Morgan fingerprint density at radius 2 is 2.22 bits per heavy atom. The minimum absolute atomic E-state index is 0.120. The van der Waals surface area contributed by atoms with E-state index in [2.05, 4.69) is 0 Å². The number of amides is 1. The molecule has 126 valence electrons. The first kappa shape index (κ1) is 16.5. The van der Waals surface area contributed by atoms with Crippen LogP contribution in [0.3, 0.4) is 0 Å². The molecular formula is C15H19ClN2O4S. The third kappa shape index (κ3) is 3.32. The van der Waals surface area contributed by atoms with Crippen molar-refractivity contribution in [2.75, 3.05) is 30.3 Å². The summed E-state index contributed by atoms with van der Waals surface area (Å²) >= 11 is 6.15. The lowest BCUT2D eigenvalue weighted by molar-refractivity contribution is -0.119. The molecule has 0 radical (unpaired) electrons. The van der Waals surface area contributed by atoms with Crippen molar-refractivity contribution in [3.05, 3.63) is 23.2 Å². The maximum absolute atomic E-state index is 12.6. The van der Waals surface area contributed by atoms with Crippen LogP contribution in [0, 0.1) is 0 Å². The number of carbonyl (C=O) groups is 1. The molecule has 0 aliphatic carbocycles. The van der Waals surface area contributed by atoms with E-state index in [0.717, 1.165) is 0 Å². The molecule has 1 unspecified atom stereocenters. The van der Waals surface area contributed by atoms with Crippen molar-refractivity contribution < 1.29 is 17.9 Å². The minimum Gasteiger partial charge on any atom is -0.485 e. The molecule has 1 saturated heterocycles. The Morgan fingerprint density at radius 3 is 2.91 bits per heavy atom. The van der Waals surface area contributed by atoms with Crippen LogP contribution in [0.5, 0.6) is 5.75 Å². The maximum atomic E-state index is 12.6. The molecule has 3 rings (SSSR count). The Hall–Kier alpha value is -1.31. The second-order valence-electron chi connectivity index (χ2n) is 5.84. The summed E-state index contributed by atoms with van der Waals surface area (Å²) in [5.74, 6) is 0.564. The molecule has 2 aliphatic rings. The fourth-order valence-electron chi connectivity index (χ4n) is 2.95. The standard InChI is InChI=1S/C15H19ClN2O4S/c1-11-10-18(13-5-2-4-12(16)15(13)22-11)14(19)6-8-17-7-3-9-23(17,20)21/h2,4-5,11H,3,6-10H2,1H3. The number of halogens is 1. The Bertz CT molecular complexity index is 722. The second-order valence-corrected chi connectivity index (χ2v) is 8.34. The molecule has 0 saturated carbocycles. The van der Waals surface area contributed by atoms with Crippen molar-refractivity contribution >= 4 is 33.2 Å². The van der Waals surface area contributed by atoms with Gasteiger partial charge in [0.1, 0.15) is 6.10 Å². The first-order valence-corrected chi connectivity index (χ1v) is 9.60. The predicted octanol–water partition coefficient (Wildman–Crippen LogP) is 1.88. The van der Waals surface area contributed by atoms with Gasteiger partial charge in [-0.1, -0.05) is 17.7 Å². The van der Waals surface area contributed by atoms with E-state index in [-0.39, 0.29) is 30.7 Å². The largest absolute Gasteiger partial charge is 0.485 e. The molecule has 6 nitrogen and oxygen atoms in total. The van der Waals surface area contributed by atoms with E-state index < -0.39 is 10.0 Å². The van der Waals surface area contributed by atoms with E-state index in [4.69, 9.17) is 16.3 Å². The predicted molar refractivity (Wildman–Crippen MR) is 88.5 cm³/mol. The summed E-state index contributed by atoms with van der Waals surface area (Å²) < 4.78 is 30.7. The number of carbonyl (C=O) groups excluding carboxylic acids is 1. The zero-order valence-corrected chi connectivity index (χ0v) is 14.4. The van der Waals surface area contributed by atoms with Gasteiger partial charge in [0.05, 0.1) is 23.0 Å². The fraction of sp³-hybridized carbons (Fsp3) is 0.533. The van der Waals surface area contributed by atoms with E-state index in [0.29, 0.717) is 36.0 Å². The monoisotopic (exact) mass is 358 g/mol. The van der Waals surface area contributed by atoms with Crippen LogP contribution >= 0.6 is 11.6 Å². The first-order chi connectivity index (χ1) is 10.9. The topological polar surface area (TPSA) is 66.9 Å². The summed E-state index contributed by atoms with van der Waals surface area (Å²) in [5.41, 5.74) is 0.643. The summed E-state index contributed by atoms with van der Waals surface area (Å²) in [6.45, 7) is 3.02. The smallest absolute Gasteiger partial charge is 0.228 e. The number of rotatable bonds is 3. The Balaban J connectivity index is 1.74. The van der Waals surface area contributed by atoms with Crippen LogP contribution in [0.2, 0.25) is 5.02 Å². The van der Waals surface area contributed by atoms with Crippen LogP contribution in [0.25, 0.3) is 0 Å². The Morgan fingerprint density at radius 1 is 1.43 bits per heavy atom. The fourth-order valence-corrected chi connectivity index (χ4v) is 4.70. The van der Waals surface area contributed by atoms with E-state index in [1.165, 1.54) is 4.31 Å². The quantitative estimate of drug-likeness (QED) is 0.827. The lowest BCUT2D eigenvalue weighted by Gasteiger charge is -2.34. The molecule has 1 aromatic rings. The summed E-state index contributed by atoms with van der Waals surface area (Å²) in [7, 11) is -3.17. The number of sulfonamides is 1. The lowest BCUT2D eigenvalue weighted by Crippen LogP contribution is -2.43. The number of anilines is 1. The highest BCUT2D eigenvalue weighted by Gasteiger charge is 2.32. The molecule has 1 amide bonds. The van der Waals surface area contributed by atoms with Crippen LogP contribution in [0.1, 0.15) is 19.8 Å². The van der Waals surface area contributed by atoms with Gasteiger partial charge in [0.2, 0.25) is 15.9 Å². The molecule has 0 spiro atoms. The van der Waals surface area contributed by atoms with Crippen molar-refractivity contribution in [2.24, 2.45) is 0 Å². The van der Waals surface area contributed by atoms with E-state index in [1.54, 1.807) is 23.1 Å². The summed E-state index contributed by atoms with van der Waals surface area (Å²) in [4.78, 5) is 14.2. The molecule has 2 aliphatic heterocycles. The molecule has 1 aromatic carbocycles. The van der Waals surface area contributed by atoms with Gasteiger partial charge in [-0.05, 0) is 25.5 Å². The highest BCUT2D eigenvalue weighted by Crippen LogP contribution is 2.39. The summed E-state index contributed by atoms with van der Waals surface area (Å²) in [5, 5.41) is 0.467. The van der Waals surface area contributed by atoms with Gasteiger partial charge in [-0.15, -0.1) is 0 Å². The van der Waals surface area contributed by atoms with Crippen LogP contribution in [-0.4, -0.2) is 50.1 Å². The summed E-state index contributed by atoms with van der Waals surface area (Å²) in [6, 6.07) is 5.28. The lowest BCUT2D eigenvalue weighted by atomic mass is 10.2. The van der Waals surface area contributed by atoms with Gasteiger partial charge in [0.15, 0.2) is 5.75 Å². The van der Waals surface area contributed by atoms with E-state index in [9.17, 15) is 13.2 Å². The van der Waals surface area contributed by atoms with Crippen LogP contribution < -0.4 is 9.64 Å². The average Bonchev–Trinajstić information content (AvgIpc) is 2.83. The van der Waals surface area contributed by atoms with E-state index in [1.807, 2.05) is 6.92 Å². The van der Waals surface area contributed by atoms with Crippen LogP contribution in [0.4, 0.5) is 5.69 Å². The highest BCUT2D eigenvalue weighted by molar-refractivity contribution is 7.89. The van der Waals surface area contributed by atoms with E-state index >= 15 is 0 Å². The molecule has 2 heterocycles. The SMILES string of the molecule is CC1CN(C(=O)CCN2CCCS2(=O)=O)c2cccc(Cl)c2O1. The van der Waals surface area contributed by atoms with Gasteiger partial charge in [-0.25, -0.2) is 12.7 Å². The van der Waals surface area contributed by atoms with Crippen LogP contribution in [-0.2, 0) is 14.8 Å². The zero-order chi connectivity index (χ0) is 16.6. The van der Waals surface area contributed by atoms with Gasteiger partial charge in [-0.3, -0.25) is 4.79 Å². The van der Waals surface area contributed by atoms with Crippen molar-refractivity contribution in [1.29, 1.82) is 0 Å². The molecule has 1 fully saturated rings. The van der Waals surface area contributed by atoms with Gasteiger partial charge >= 0.3 is 0 Å². The third-order valence-corrected chi connectivity index (χ3v) is 6.33. The summed E-state index contributed by atoms with van der Waals surface area (Å²) in [6.07, 6.45) is 0.614. The van der Waals surface area contributed by atoms with Gasteiger partial charge in [0, 0.05) is 19.5 Å². The number of benzene rings is 1. The minimum atomic E-state index is -3.17. The van der Waals surface area contributed by atoms with Crippen molar-refractivity contribution in [1.82, 2.24) is 4.31 Å². The molecule has 8 heteroatoms. The number of para-hydroxylation sites is 1. The van der Waals surface area contributed by atoms with Crippen LogP contribution in [0.15, 0.2) is 18.2 Å². The van der Waals surface area contributed by atoms with Crippen molar-refractivity contribution in [3.8, 4) is 5.75 Å². The number of hydrogen-bond acceptors (Lipinski definition) is 4. The normalized spacial score (nSPS) is 23.4. The Kier molecular flexibility index (Phi) is 4.53. The zero-order valence-electron chi connectivity index (χ0n) is 12.9. The first-order valence-electron chi connectivity index (χ1n) is 7.62. The molecule has 0 N–H and O–H groups in total. The van der Waals surface area contributed by atoms with Gasteiger partial charge < -0.3 is 9.64 Å². The number of ether oxygens (including phenoxy) is 1. The van der Waals surface area contributed by atoms with Gasteiger partial charge in [0.25, 0.3) is 0 Å².